The number of nitrogens with one attached hydrogen (secondary N) is 1. The Morgan fingerprint density at radius 3 is 2.42 bits per heavy atom. The molecule has 0 bridgehead atoms. The van der Waals surface area contributed by atoms with Gasteiger partial charge in [0.1, 0.15) is 17.3 Å². The molecule has 0 amide bonds. The number of rotatable bonds is 6. The summed E-state index contributed by atoms with van der Waals surface area (Å²) in [4.78, 5) is 12.8. The van der Waals surface area contributed by atoms with Gasteiger partial charge in [-0.1, -0.05) is 0 Å². The number of ether oxygens (including phenoxy) is 2. The van der Waals surface area contributed by atoms with Crippen LogP contribution >= 0.6 is 0 Å². The van der Waals surface area contributed by atoms with Crippen LogP contribution in [0.4, 0.5) is 30.5 Å². The zero-order chi connectivity index (χ0) is 22.1. The molecule has 2 heterocycles. The van der Waals surface area contributed by atoms with Crippen molar-refractivity contribution < 1.29 is 22.6 Å². The molecule has 0 aliphatic heterocycles. The number of aromatic nitrogens is 4. The fraction of sp³-hybridized carbons (Fsp3) is 0.150. The van der Waals surface area contributed by atoms with E-state index >= 15 is 0 Å². The summed E-state index contributed by atoms with van der Waals surface area (Å²) in [5.41, 5.74) is 7.50. The Hall–Kier alpha value is -4.02. The molecule has 2 aromatic carbocycles. The fourth-order valence-electron chi connectivity index (χ4n) is 3.05. The highest BCUT2D eigenvalue weighted by Crippen LogP contribution is 2.28. The van der Waals surface area contributed by atoms with Gasteiger partial charge in [0, 0.05) is 11.8 Å². The van der Waals surface area contributed by atoms with E-state index in [9.17, 15) is 13.2 Å². The number of nitrogen functional groups attached to an aromatic ring is 1. The summed E-state index contributed by atoms with van der Waals surface area (Å²) in [5, 5.41) is 2.78. The van der Waals surface area contributed by atoms with Crippen molar-refractivity contribution >= 4 is 28.4 Å². The Labute approximate surface area is 174 Å². The van der Waals surface area contributed by atoms with Crippen molar-refractivity contribution in [2.75, 3.05) is 18.2 Å². The quantitative estimate of drug-likeness (QED) is 0.473. The molecular formula is C20H17F3N6O2. The predicted octanol–water partition coefficient (Wildman–Crippen LogP) is 4.20. The Morgan fingerprint density at radius 2 is 1.74 bits per heavy atom. The van der Waals surface area contributed by atoms with E-state index in [1.165, 1.54) is 24.3 Å². The molecule has 2 aromatic heterocycles. The fourth-order valence-corrected chi connectivity index (χ4v) is 3.05. The van der Waals surface area contributed by atoms with Gasteiger partial charge in [-0.3, -0.25) is 4.57 Å². The molecule has 0 unspecified atom stereocenters. The monoisotopic (exact) mass is 430 g/mol. The number of benzene rings is 2. The lowest BCUT2D eigenvalue weighted by molar-refractivity contribution is -0.0498. The van der Waals surface area contributed by atoms with E-state index in [-0.39, 0.29) is 23.3 Å². The van der Waals surface area contributed by atoms with Crippen molar-refractivity contribution in [3.05, 3.63) is 54.1 Å². The number of hydrogen-bond donors (Lipinski definition) is 2. The molecule has 0 atom stereocenters. The SMILES string of the molecule is COc1ccc2nc(C)n(-c3nc(N)c(F)c(Nc4ccc(OC(F)F)cc4)n3)c2c1. The summed E-state index contributed by atoms with van der Waals surface area (Å²) in [6, 6.07) is 10.8. The molecule has 31 heavy (non-hydrogen) atoms. The van der Waals surface area contributed by atoms with Crippen LogP contribution in [0.2, 0.25) is 0 Å². The molecule has 0 aliphatic rings. The van der Waals surface area contributed by atoms with E-state index in [4.69, 9.17) is 10.5 Å². The zero-order valence-electron chi connectivity index (χ0n) is 16.4. The van der Waals surface area contributed by atoms with Gasteiger partial charge in [0.2, 0.25) is 11.8 Å². The highest BCUT2D eigenvalue weighted by atomic mass is 19.3. The first kappa shape index (κ1) is 20.3. The number of halogens is 3. The summed E-state index contributed by atoms with van der Waals surface area (Å²) in [7, 11) is 1.54. The van der Waals surface area contributed by atoms with Crippen LogP contribution in [0.25, 0.3) is 17.0 Å². The van der Waals surface area contributed by atoms with Crippen molar-refractivity contribution in [1.82, 2.24) is 19.5 Å². The molecule has 160 valence electrons. The van der Waals surface area contributed by atoms with Gasteiger partial charge in [-0.2, -0.15) is 23.1 Å². The third-order valence-corrected chi connectivity index (χ3v) is 4.44. The van der Waals surface area contributed by atoms with Crippen molar-refractivity contribution in [2.24, 2.45) is 0 Å². The van der Waals surface area contributed by atoms with Crippen LogP contribution in [-0.2, 0) is 0 Å². The maximum atomic E-state index is 14.6. The Bertz CT molecular complexity index is 1240. The molecule has 0 radical (unpaired) electrons. The molecule has 11 heteroatoms. The van der Waals surface area contributed by atoms with Crippen LogP contribution in [0.3, 0.4) is 0 Å². The Morgan fingerprint density at radius 1 is 1.03 bits per heavy atom. The van der Waals surface area contributed by atoms with Crippen LogP contribution in [0, 0.1) is 12.7 Å². The Balaban J connectivity index is 1.74. The molecular weight excluding hydrogens is 413 g/mol. The minimum absolute atomic E-state index is 0.0293. The number of anilines is 3. The van der Waals surface area contributed by atoms with E-state index in [0.717, 1.165) is 0 Å². The summed E-state index contributed by atoms with van der Waals surface area (Å²) in [5.74, 6) is -0.160. The minimum atomic E-state index is -2.94. The third kappa shape index (κ3) is 4.02. The zero-order valence-corrected chi connectivity index (χ0v) is 16.4. The van der Waals surface area contributed by atoms with Crippen LogP contribution in [0.1, 0.15) is 5.82 Å². The van der Waals surface area contributed by atoms with Gasteiger partial charge in [0.05, 0.1) is 18.1 Å². The van der Waals surface area contributed by atoms with Gasteiger partial charge in [-0.15, -0.1) is 0 Å². The average Bonchev–Trinajstić information content (AvgIpc) is 3.07. The maximum absolute atomic E-state index is 14.6. The number of imidazole rings is 1. The number of nitrogens with two attached hydrogens (primary N) is 1. The van der Waals surface area contributed by atoms with E-state index < -0.39 is 12.4 Å². The lowest BCUT2D eigenvalue weighted by atomic mass is 10.3. The van der Waals surface area contributed by atoms with Gasteiger partial charge in [0.15, 0.2) is 11.6 Å². The van der Waals surface area contributed by atoms with Gasteiger partial charge in [-0.25, -0.2) is 4.98 Å². The summed E-state index contributed by atoms with van der Waals surface area (Å²) >= 11 is 0. The van der Waals surface area contributed by atoms with Crippen LogP contribution < -0.4 is 20.5 Å². The van der Waals surface area contributed by atoms with E-state index in [1.807, 2.05) is 0 Å². The normalized spacial score (nSPS) is 11.2. The first-order chi connectivity index (χ1) is 14.9. The molecule has 8 nitrogen and oxygen atoms in total. The van der Waals surface area contributed by atoms with Crippen molar-refractivity contribution in [2.45, 2.75) is 13.5 Å². The van der Waals surface area contributed by atoms with Gasteiger partial charge < -0.3 is 20.5 Å². The van der Waals surface area contributed by atoms with Crippen LogP contribution in [-0.4, -0.2) is 33.2 Å². The van der Waals surface area contributed by atoms with E-state index in [1.54, 1.807) is 36.8 Å². The van der Waals surface area contributed by atoms with Crippen LogP contribution in [0.15, 0.2) is 42.5 Å². The standard InChI is InChI=1S/C20H17F3N6O2/c1-10-25-14-8-7-13(30-2)9-15(14)29(10)20-27-17(24)16(21)18(28-20)26-11-3-5-12(6-4-11)31-19(22)23/h3-9,19H,1-2H3,(H3,24,26,27,28). The largest absolute Gasteiger partial charge is 0.497 e. The second-order valence-corrected chi connectivity index (χ2v) is 6.45. The topological polar surface area (TPSA) is 100 Å². The summed E-state index contributed by atoms with van der Waals surface area (Å²) in [6.45, 7) is -1.18. The highest BCUT2D eigenvalue weighted by molar-refractivity contribution is 5.79. The predicted molar refractivity (Wildman–Crippen MR) is 109 cm³/mol. The number of aryl methyl sites for hydroxylation is 1. The van der Waals surface area contributed by atoms with Crippen molar-refractivity contribution in [3.63, 3.8) is 0 Å². The second-order valence-electron chi connectivity index (χ2n) is 6.45. The molecule has 0 fully saturated rings. The number of alkyl halides is 2. The lowest BCUT2D eigenvalue weighted by Gasteiger charge is -2.12. The van der Waals surface area contributed by atoms with E-state index in [2.05, 4.69) is 25.0 Å². The Kier molecular flexibility index (Phi) is 5.24. The molecule has 0 spiro atoms. The summed E-state index contributed by atoms with van der Waals surface area (Å²) < 4.78 is 50.4. The molecule has 4 rings (SSSR count). The van der Waals surface area contributed by atoms with Crippen molar-refractivity contribution in [1.29, 1.82) is 0 Å². The van der Waals surface area contributed by atoms with E-state index in [0.29, 0.717) is 28.3 Å². The van der Waals surface area contributed by atoms with Gasteiger partial charge >= 0.3 is 6.61 Å². The molecule has 4 aromatic rings. The van der Waals surface area contributed by atoms with Crippen molar-refractivity contribution in [3.8, 4) is 17.4 Å². The molecule has 0 saturated heterocycles. The highest BCUT2D eigenvalue weighted by Gasteiger charge is 2.18. The number of fused-ring (bicyclic) bond motifs is 1. The first-order valence-electron chi connectivity index (χ1n) is 9.04. The van der Waals surface area contributed by atoms with Gasteiger partial charge in [-0.05, 0) is 43.3 Å². The van der Waals surface area contributed by atoms with Crippen LogP contribution in [0.5, 0.6) is 11.5 Å². The number of nitrogens with zero attached hydrogens (tertiary/aromatic N) is 4. The number of hydrogen-bond acceptors (Lipinski definition) is 7. The summed E-state index contributed by atoms with van der Waals surface area (Å²) in [6.07, 6.45) is 0. The third-order valence-electron chi connectivity index (χ3n) is 4.44. The van der Waals surface area contributed by atoms with Gasteiger partial charge in [0.25, 0.3) is 0 Å². The maximum Gasteiger partial charge on any atom is 0.387 e. The second kappa shape index (κ2) is 8.01. The molecule has 0 saturated carbocycles. The molecule has 3 N–H and O–H groups in total. The first-order valence-corrected chi connectivity index (χ1v) is 9.04. The average molecular weight is 430 g/mol. The lowest BCUT2D eigenvalue weighted by Crippen LogP contribution is -2.10. The molecule has 0 aliphatic carbocycles. The smallest absolute Gasteiger partial charge is 0.387 e. The minimum Gasteiger partial charge on any atom is -0.497 e. The number of methoxy groups -OCH3 is 1.